The fourth-order valence-corrected chi connectivity index (χ4v) is 3.58. The summed E-state index contributed by atoms with van der Waals surface area (Å²) in [6.45, 7) is 5.25. The topological polar surface area (TPSA) is 38.1 Å². The van der Waals surface area contributed by atoms with Gasteiger partial charge in [-0.1, -0.05) is 32.8 Å². The maximum atomic E-state index is 6.06. The summed E-state index contributed by atoms with van der Waals surface area (Å²) in [7, 11) is 0. The lowest BCUT2D eigenvalue weighted by Gasteiger charge is -2.12. The van der Waals surface area contributed by atoms with Gasteiger partial charge in [0.15, 0.2) is 11.5 Å². The quantitative estimate of drug-likeness (QED) is 0.856. The van der Waals surface area contributed by atoms with Crippen LogP contribution in [-0.2, 0) is 6.54 Å². The average molecular weight is 298 g/mol. The predicted molar refractivity (Wildman–Crippen MR) is 89.2 cm³/mol. The number of nitrogens with one attached hydrogen (secondary N) is 1. The molecule has 2 aromatic rings. The van der Waals surface area contributed by atoms with Gasteiger partial charge in [-0.15, -0.1) is 0 Å². The van der Waals surface area contributed by atoms with Gasteiger partial charge in [-0.25, -0.2) is 4.98 Å². The average Bonchev–Trinajstić information content (AvgIpc) is 3.04. The van der Waals surface area contributed by atoms with E-state index in [1.54, 1.807) is 0 Å². The van der Waals surface area contributed by atoms with Crippen molar-refractivity contribution in [2.24, 2.45) is 0 Å². The van der Waals surface area contributed by atoms with Gasteiger partial charge in [0, 0.05) is 24.1 Å². The fourth-order valence-electron chi connectivity index (χ4n) is 3.58. The van der Waals surface area contributed by atoms with Gasteiger partial charge in [0.1, 0.15) is 5.52 Å². The molecule has 118 valence electrons. The van der Waals surface area contributed by atoms with Crippen molar-refractivity contribution >= 4 is 11.1 Å². The molecule has 2 fully saturated rings. The number of aromatic nitrogens is 1. The molecule has 0 unspecified atom stereocenters. The summed E-state index contributed by atoms with van der Waals surface area (Å²) < 4.78 is 6.06. The molecule has 0 aliphatic heterocycles. The number of oxazole rings is 1. The molecule has 1 heterocycles. The summed E-state index contributed by atoms with van der Waals surface area (Å²) >= 11 is 0. The van der Waals surface area contributed by atoms with Crippen molar-refractivity contribution in [3.05, 3.63) is 29.2 Å². The molecule has 0 spiro atoms. The van der Waals surface area contributed by atoms with E-state index in [2.05, 4.69) is 31.3 Å². The highest BCUT2D eigenvalue weighted by molar-refractivity contribution is 5.78. The van der Waals surface area contributed by atoms with Crippen LogP contribution in [0.4, 0.5) is 0 Å². The summed E-state index contributed by atoms with van der Waals surface area (Å²) in [5.74, 6) is 1.92. The Balaban J connectivity index is 1.63. The zero-order chi connectivity index (χ0) is 15.1. The number of hydrogen-bond acceptors (Lipinski definition) is 3. The lowest BCUT2D eigenvalue weighted by Crippen LogP contribution is -2.25. The van der Waals surface area contributed by atoms with Gasteiger partial charge < -0.3 is 9.73 Å². The number of hydrogen-bond donors (Lipinski definition) is 1. The Morgan fingerprint density at radius 1 is 1.18 bits per heavy atom. The second-order valence-electron chi connectivity index (χ2n) is 7.38. The largest absolute Gasteiger partial charge is 0.440 e. The highest BCUT2D eigenvalue weighted by Gasteiger charge is 2.28. The molecule has 1 N–H and O–H groups in total. The van der Waals surface area contributed by atoms with Crippen molar-refractivity contribution in [2.75, 3.05) is 0 Å². The molecule has 0 radical (unpaired) electrons. The molecule has 3 nitrogen and oxygen atoms in total. The minimum Gasteiger partial charge on any atom is -0.440 e. The molecule has 0 amide bonds. The molecule has 1 aromatic carbocycles. The first kappa shape index (κ1) is 14.3. The third-order valence-electron chi connectivity index (χ3n) is 5.06. The second kappa shape index (κ2) is 5.69. The van der Waals surface area contributed by atoms with E-state index in [0.717, 1.165) is 23.5 Å². The van der Waals surface area contributed by atoms with Crippen molar-refractivity contribution < 1.29 is 4.42 Å². The van der Waals surface area contributed by atoms with Crippen LogP contribution < -0.4 is 5.32 Å². The minimum absolute atomic E-state index is 0.347. The van der Waals surface area contributed by atoms with E-state index >= 15 is 0 Å². The third kappa shape index (κ3) is 2.79. The molecule has 4 rings (SSSR count). The van der Waals surface area contributed by atoms with Crippen LogP contribution in [0.5, 0.6) is 0 Å². The molecule has 2 saturated carbocycles. The van der Waals surface area contributed by atoms with Gasteiger partial charge in [0.2, 0.25) is 0 Å². The first-order chi connectivity index (χ1) is 10.7. The second-order valence-corrected chi connectivity index (χ2v) is 7.38. The van der Waals surface area contributed by atoms with Crippen molar-refractivity contribution in [1.82, 2.24) is 10.3 Å². The molecule has 3 heteroatoms. The maximum absolute atomic E-state index is 6.06. The first-order valence-electron chi connectivity index (χ1n) is 8.87. The van der Waals surface area contributed by atoms with Gasteiger partial charge in [-0.2, -0.15) is 0 Å². The summed E-state index contributed by atoms with van der Waals surface area (Å²) in [5.41, 5.74) is 4.84. The van der Waals surface area contributed by atoms with E-state index in [1.807, 2.05) is 0 Å². The van der Waals surface area contributed by atoms with Crippen LogP contribution in [0.3, 0.4) is 0 Å². The highest BCUT2D eigenvalue weighted by Crippen LogP contribution is 2.44. The van der Waals surface area contributed by atoms with E-state index in [-0.39, 0.29) is 0 Å². The van der Waals surface area contributed by atoms with Crippen LogP contribution in [0.2, 0.25) is 0 Å². The lowest BCUT2D eigenvalue weighted by atomic mass is 10.0. The number of nitrogens with zero attached hydrogens (tertiary/aromatic N) is 1. The Bertz CT molecular complexity index is 663. The van der Waals surface area contributed by atoms with Crippen molar-refractivity contribution in [1.29, 1.82) is 0 Å². The van der Waals surface area contributed by atoms with Crippen molar-refractivity contribution in [3.63, 3.8) is 0 Å². The van der Waals surface area contributed by atoms with Gasteiger partial charge in [-0.05, 0) is 43.2 Å². The molecule has 2 aliphatic carbocycles. The lowest BCUT2D eigenvalue weighted by molar-refractivity contribution is 0.499. The smallest absolute Gasteiger partial charge is 0.198 e. The monoisotopic (exact) mass is 298 g/mol. The standard InChI is InChI=1S/C19H26N2O/c1-12(2)19-21-17-10-13(11-20-15-5-3-4-6-15)9-16(14-7-8-14)18(17)22-19/h9-10,12,14-15,20H,3-8,11H2,1-2H3. The first-order valence-corrected chi connectivity index (χ1v) is 8.87. The van der Waals surface area contributed by atoms with Gasteiger partial charge >= 0.3 is 0 Å². The summed E-state index contributed by atoms with van der Waals surface area (Å²) in [6, 6.07) is 5.29. The van der Waals surface area contributed by atoms with E-state index in [4.69, 9.17) is 9.40 Å². The van der Waals surface area contributed by atoms with Crippen LogP contribution in [0, 0.1) is 0 Å². The van der Waals surface area contributed by atoms with E-state index < -0.39 is 0 Å². The Kier molecular flexibility index (Phi) is 3.69. The Hall–Kier alpha value is -1.35. The molecule has 0 atom stereocenters. The third-order valence-corrected chi connectivity index (χ3v) is 5.06. The molecule has 1 aromatic heterocycles. The van der Waals surface area contributed by atoms with Gasteiger partial charge in [0.05, 0.1) is 0 Å². The zero-order valence-corrected chi connectivity index (χ0v) is 13.7. The molecule has 0 saturated heterocycles. The van der Waals surface area contributed by atoms with Gasteiger partial charge in [-0.3, -0.25) is 0 Å². The van der Waals surface area contributed by atoms with Crippen LogP contribution in [0.1, 0.15) is 81.2 Å². The van der Waals surface area contributed by atoms with E-state index in [9.17, 15) is 0 Å². The Labute approximate surface area is 132 Å². The van der Waals surface area contributed by atoms with Gasteiger partial charge in [0.25, 0.3) is 0 Å². The SMILES string of the molecule is CC(C)c1nc2cc(CNC3CCCC3)cc(C3CC3)c2o1. The normalized spacial score (nSPS) is 19.6. The molecule has 0 bridgehead atoms. The van der Waals surface area contributed by atoms with Crippen molar-refractivity contribution in [3.8, 4) is 0 Å². The van der Waals surface area contributed by atoms with E-state index in [0.29, 0.717) is 17.9 Å². The molecular weight excluding hydrogens is 272 g/mol. The fraction of sp³-hybridized carbons (Fsp3) is 0.632. The Morgan fingerprint density at radius 3 is 2.64 bits per heavy atom. The van der Waals surface area contributed by atoms with Crippen LogP contribution >= 0.6 is 0 Å². The zero-order valence-electron chi connectivity index (χ0n) is 13.7. The van der Waals surface area contributed by atoms with Crippen LogP contribution in [0.15, 0.2) is 16.5 Å². The Morgan fingerprint density at radius 2 is 1.95 bits per heavy atom. The highest BCUT2D eigenvalue weighted by atomic mass is 16.3. The maximum Gasteiger partial charge on any atom is 0.198 e. The number of benzene rings is 1. The number of rotatable bonds is 5. The summed E-state index contributed by atoms with van der Waals surface area (Å²) in [5, 5.41) is 3.72. The molecule has 22 heavy (non-hydrogen) atoms. The van der Waals surface area contributed by atoms with E-state index in [1.165, 1.54) is 49.7 Å². The minimum atomic E-state index is 0.347. The molecule has 2 aliphatic rings. The number of fused-ring (bicyclic) bond motifs is 1. The summed E-state index contributed by atoms with van der Waals surface area (Å²) in [6.07, 6.45) is 8.02. The molecular formula is C19H26N2O. The van der Waals surface area contributed by atoms with Crippen LogP contribution in [0.25, 0.3) is 11.1 Å². The van der Waals surface area contributed by atoms with Crippen molar-refractivity contribution in [2.45, 2.75) is 76.8 Å². The predicted octanol–water partition coefficient (Wildman–Crippen LogP) is 4.86. The summed E-state index contributed by atoms with van der Waals surface area (Å²) in [4.78, 5) is 4.73. The van der Waals surface area contributed by atoms with Crippen LogP contribution in [-0.4, -0.2) is 11.0 Å².